The second-order valence-corrected chi connectivity index (χ2v) is 2.50. The van der Waals surface area contributed by atoms with Crippen LogP contribution >= 0.6 is 0 Å². The van der Waals surface area contributed by atoms with E-state index in [1.807, 2.05) is 6.92 Å². The molecule has 0 amide bonds. The molecule has 4 nitrogen and oxygen atoms in total. The number of carbonyl (C=O) groups is 1. The fourth-order valence-corrected chi connectivity index (χ4v) is 1.04. The van der Waals surface area contributed by atoms with Crippen LogP contribution in [-0.4, -0.2) is 21.3 Å². The zero-order valence-electron chi connectivity index (χ0n) is 7.03. The number of hydrogen-bond donors (Lipinski definition) is 1. The zero-order valence-corrected chi connectivity index (χ0v) is 7.03. The first kappa shape index (κ1) is 8.64. The molecule has 0 spiro atoms. The van der Waals surface area contributed by atoms with E-state index in [1.54, 1.807) is 13.1 Å². The van der Waals surface area contributed by atoms with Gasteiger partial charge in [0.05, 0.1) is 6.20 Å². The average Bonchev–Trinajstić information content (AvgIpc) is 2.04. The Labute approximate surface area is 70.3 Å². The summed E-state index contributed by atoms with van der Waals surface area (Å²) < 4.78 is 0. The van der Waals surface area contributed by atoms with E-state index >= 15 is 0 Å². The number of carboxylic acids is 1. The molecule has 0 bridgehead atoms. The van der Waals surface area contributed by atoms with E-state index in [9.17, 15) is 4.79 Å². The predicted octanol–water partition coefficient (Wildman–Crippen LogP) is 1.05. The number of hydrogen-bond acceptors (Lipinski definition) is 3. The molecule has 0 atom stereocenters. The highest BCUT2D eigenvalue weighted by atomic mass is 16.4. The number of aryl methyl sites for hydroxylation is 1. The fraction of sp³-hybridized carbons (Fsp3) is 0.375. The van der Waals surface area contributed by atoms with Crippen LogP contribution in [0.2, 0.25) is 0 Å². The highest BCUT2D eigenvalue weighted by molar-refractivity contribution is 5.87. The summed E-state index contributed by atoms with van der Waals surface area (Å²) in [5.41, 5.74) is 1.69. The molecule has 0 aliphatic heterocycles. The van der Waals surface area contributed by atoms with Crippen LogP contribution in [0.4, 0.5) is 0 Å². The lowest BCUT2D eigenvalue weighted by Crippen LogP contribution is -2.07. The lowest BCUT2D eigenvalue weighted by molar-refractivity contribution is 0.0688. The summed E-state index contributed by atoms with van der Waals surface area (Å²) in [6, 6.07) is 0. The summed E-state index contributed by atoms with van der Waals surface area (Å²) in [4.78, 5) is 10.6. The van der Waals surface area contributed by atoms with Gasteiger partial charge in [0.1, 0.15) is 0 Å². The molecule has 1 aromatic rings. The summed E-state index contributed by atoms with van der Waals surface area (Å²) in [6.45, 7) is 3.70. The molecule has 0 radical (unpaired) electrons. The minimum atomic E-state index is -1.02. The van der Waals surface area contributed by atoms with Crippen LogP contribution < -0.4 is 0 Å². The zero-order chi connectivity index (χ0) is 9.14. The smallest absolute Gasteiger partial charge is 0.356 e. The van der Waals surface area contributed by atoms with Gasteiger partial charge in [-0.25, -0.2) is 4.79 Å². The SMILES string of the molecule is CCc1cnnc(C(=O)O)c1C. The van der Waals surface area contributed by atoms with Crippen LogP contribution in [0.3, 0.4) is 0 Å². The lowest BCUT2D eigenvalue weighted by Gasteiger charge is -2.02. The van der Waals surface area contributed by atoms with Gasteiger partial charge in [-0.15, -0.1) is 5.10 Å². The van der Waals surface area contributed by atoms with E-state index in [0.29, 0.717) is 5.56 Å². The quantitative estimate of drug-likeness (QED) is 0.713. The summed E-state index contributed by atoms with van der Waals surface area (Å²) in [7, 11) is 0. The van der Waals surface area contributed by atoms with E-state index in [1.165, 1.54) is 0 Å². The van der Waals surface area contributed by atoms with Crippen molar-refractivity contribution < 1.29 is 9.90 Å². The Morgan fingerprint density at radius 2 is 2.33 bits per heavy atom. The molecule has 1 heterocycles. The maximum atomic E-state index is 10.6. The van der Waals surface area contributed by atoms with Crippen molar-refractivity contribution >= 4 is 5.97 Å². The molecule has 12 heavy (non-hydrogen) atoms. The maximum absolute atomic E-state index is 10.6. The first-order valence-corrected chi connectivity index (χ1v) is 3.71. The van der Waals surface area contributed by atoms with E-state index in [2.05, 4.69) is 10.2 Å². The molecule has 1 rings (SSSR count). The predicted molar refractivity (Wildman–Crippen MR) is 43.1 cm³/mol. The summed E-state index contributed by atoms with van der Waals surface area (Å²) >= 11 is 0. The molecular formula is C8H10N2O2. The van der Waals surface area contributed by atoms with Crippen molar-refractivity contribution in [3.8, 4) is 0 Å². The number of rotatable bonds is 2. The van der Waals surface area contributed by atoms with Crippen molar-refractivity contribution in [1.82, 2.24) is 10.2 Å². The topological polar surface area (TPSA) is 63.1 Å². The van der Waals surface area contributed by atoms with Crippen LogP contribution in [0.15, 0.2) is 6.20 Å². The van der Waals surface area contributed by atoms with E-state index in [4.69, 9.17) is 5.11 Å². The fourth-order valence-electron chi connectivity index (χ4n) is 1.04. The van der Waals surface area contributed by atoms with Gasteiger partial charge in [0.15, 0.2) is 5.69 Å². The molecule has 1 N–H and O–H groups in total. The van der Waals surface area contributed by atoms with Gasteiger partial charge in [-0.2, -0.15) is 5.10 Å². The molecule has 0 saturated heterocycles. The van der Waals surface area contributed by atoms with Gasteiger partial charge < -0.3 is 5.11 Å². The van der Waals surface area contributed by atoms with Crippen LogP contribution in [0.1, 0.15) is 28.5 Å². The third kappa shape index (κ3) is 1.42. The molecule has 4 heteroatoms. The molecule has 0 aliphatic rings. The molecule has 0 aromatic carbocycles. The number of aromatic carboxylic acids is 1. The monoisotopic (exact) mass is 166 g/mol. The van der Waals surface area contributed by atoms with E-state index < -0.39 is 5.97 Å². The van der Waals surface area contributed by atoms with Gasteiger partial charge in [0.25, 0.3) is 0 Å². The summed E-state index contributed by atoms with van der Waals surface area (Å²) in [5.74, 6) is -1.02. The first-order chi connectivity index (χ1) is 5.66. The van der Waals surface area contributed by atoms with Gasteiger partial charge >= 0.3 is 5.97 Å². The third-order valence-electron chi connectivity index (χ3n) is 1.79. The van der Waals surface area contributed by atoms with Gasteiger partial charge in [-0.05, 0) is 24.5 Å². The molecule has 1 aromatic heterocycles. The minimum absolute atomic E-state index is 0.0503. The van der Waals surface area contributed by atoms with E-state index in [-0.39, 0.29) is 5.69 Å². The van der Waals surface area contributed by atoms with Crippen molar-refractivity contribution in [2.75, 3.05) is 0 Å². The Bertz CT molecular complexity index is 310. The highest BCUT2D eigenvalue weighted by Gasteiger charge is 2.11. The van der Waals surface area contributed by atoms with Crippen molar-refractivity contribution in [3.63, 3.8) is 0 Å². The minimum Gasteiger partial charge on any atom is -0.476 e. The standard InChI is InChI=1S/C8H10N2O2/c1-3-6-4-9-10-7(5(6)2)8(11)12/h4H,3H2,1-2H3,(H,11,12). The Balaban J connectivity index is 3.23. The molecule has 0 fully saturated rings. The molecule has 64 valence electrons. The number of aromatic nitrogens is 2. The Morgan fingerprint density at radius 1 is 1.67 bits per heavy atom. The van der Waals surface area contributed by atoms with Gasteiger partial charge in [-0.1, -0.05) is 6.92 Å². The number of carboxylic acid groups (broad SMARTS) is 1. The Morgan fingerprint density at radius 3 is 2.83 bits per heavy atom. The molecule has 0 saturated carbocycles. The van der Waals surface area contributed by atoms with E-state index in [0.717, 1.165) is 12.0 Å². The van der Waals surface area contributed by atoms with Gasteiger partial charge in [0.2, 0.25) is 0 Å². The number of nitrogens with zero attached hydrogens (tertiary/aromatic N) is 2. The van der Waals surface area contributed by atoms with Crippen LogP contribution in [0.5, 0.6) is 0 Å². The maximum Gasteiger partial charge on any atom is 0.356 e. The first-order valence-electron chi connectivity index (χ1n) is 3.71. The largest absolute Gasteiger partial charge is 0.476 e. The molecule has 0 unspecified atom stereocenters. The van der Waals surface area contributed by atoms with Gasteiger partial charge in [0, 0.05) is 0 Å². The summed E-state index contributed by atoms with van der Waals surface area (Å²) in [6.07, 6.45) is 2.38. The van der Waals surface area contributed by atoms with Crippen molar-refractivity contribution in [3.05, 3.63) is 23.0 Å². The lowest BCUT2D eigenvalue weighted by atomic mass is 10.1. The second kappa shape index (κ2) is 3.30. The summed E-state index contributed by atoms with van der Waals surface area (Å²) in [5, 5.41) is 15.8. The second-order valence-electron chi connectivity index (χ2n) is 2.50. The molecule has 0 aliphatic carbocycles. The average molecular weight is 166 g/mol. The van der Waals surface area contributed by atoms with Crippen molar-refractivity contribution in [1.29, 1.82) is 0 Å². The van der Waals surface area contributed by atoms with Crippen LogP contribution in [-0.2, 0) is 6.42 Å². The Kier molecular flexibility index (Phi) is 2.38. The highest BCUT2D eigenvalue weighted by Crippen LogP contribution is 2.09. The van der Waals surface area contributed by atoms with Crippen molar-refractivity contribution in [2.45, 2.75) is 20.3 Å². The normalized spacial score (nSPS) is 9.83. The molecular weight excluding hydrogens is 156 g/mol. The van der Waals surface area contributed by atoms with Crippen LogP contribution in [0.25, 0.3) is 0 Å². The van der Waals surface area contributed by atoms with Crippen molar-refractivity contribution in [2.24, 2.45) is 0 Å². The third-order valence-corrected chi connectivity index (χ3v) is 1.79. The Hall–Kier alpha value is -1.45. The van der Waals surface area contributed by atoms with Gasteiger partial charge in [-0.3, -0.25) is 0 Å². The van der Waals surface area contributed by atoms with Crippen LogP contribution in [0, 0.1) is 6.92 Å².